The number of carbonyl (C=O) groups is 2. The van der Waals surface area contributed by atoms with Crippen LogP contribution in [0, 0.1) is 0 Å². The van der Waals surface area contributed by atoms with Crippen molar-refractivity contribution in [2.75, 3.05) is 31.1 Å². The van der Waals surface area contributed by atoms with E-state index in [0.717, 1.165) is 33.4 Å². The van der Waals surface area contributed by atoms with Gasteiger partial charge in [-0.2, -0.15) is 0 Å². The largest absolute Gasteiger partial charge is 0.487 e. The molecule has 1 aliphatic rings. The van der Waals surface area contributed by atoms with E-state index >= 15 is 0 Å². The molecule has 0 atom stereocenters. The van der Waals surface area contributed by atoms with E-state index in [9.17, 15) is 9.59 Å². The van der Waals surface area contributed by atoms with E-state index in [1.165, 1.54) is 12.1 Å². The van der Waals surface area contributed by atoms with Crippen LogP contribution in [-0.2, 0) is 17.8 Å². The maximum absolute atomic E-state index is 13.4. The van der Waals surface area contributed by atoms with Crippen molar-refractivity contribution in [1.82, 2.24) is 29.9 Å². The number of piperazine rings is 1. The number of nitrogens with zero attached hydrogens (tertiary/aromatic N) is 7. The Morgan fingerprint density at radius 2 is 1.52 bits per heavy atom. The maximum atomic E-state index is 13.4. The van der Waals surface area contributed by atoms with Gasteiger partial charge in [-0.1, -0.05) is 71.9 Å². The number of aryl methyl sites for hydroxylation is 1. The molecule has 0 aliphatic carbocycles. The Labute approximate surface area is 277 Å². The Morgan fingerprint density at radius 3 is 2.31 bits per heavy atom. The molecule has 240 valence electrons. The molecule has 2 aromatic heterocycles. The number of hydrogen-bond acceptors (Lipinski definition) is 8. The van der Waals surface area contributed by atoms with Crippen LogP contribution in [-0.4, -0.2) is 73.0 Å². The van der Waals surface area contributed by atoms with Crippen LogP contribution < -0.4 is 9.64 Å². The summed E-state index contributed by atoms with van der Waals surface area (Å²) in [7, 11) is 0. The van der Waals surface area contributed by atoms with E-state index in [2.05, 4.69) is 33.4 Å². The molecule has 11 heteroatoms. The SMILES string of the molecule is O=C(O)c1ccc(OCc2cn(-c3ccccc3CCC(=O)N3CCN(c4nc(-c5ccccc5)c5ccccc5n4)CC3)nn2)cc1. The summed E-state index contributed by atoms with van der Waals surface area (Å²) < 4.78 is 7.46. The first-order chi connectivity index (χ1) is 23.5. The van der Waals surface area contributed by atoms with Crippen LogP contribution >= 0.6 is 0 Å². The number of aromatic carboxylic acids is 1. The van der Waals surface area contributed by atoms with E-state index in [-0.39, 0.29) is 18.1 Å². The second-order valence-corrected chi connectivity index (χ2v) is 11.5. The third-order valence-electron chi connectivity index (χ3n) is 8.43. The second-order valence-electron chi connectivity index (χ2n) is 11.5. The highest BCUT2D eigenvalue weighted by Gasteiger charge is 2.24. The first kappa shape index (κ1) is 30.5. The highest BCUT2D eigenvalue weighted by atomic mass is 16.5. The number of carboxylic acid groups (broad SMARTS) is 1. The molecule has 7 rings (SSSR count). The number of benzene rings is 4. The normalized spacial score (nSPS) is 13.1. The lowest BCUT2D eigenvalue weighted by molar-refractivity contribution is -0.131. The van der Waals surface area contributed by atoms with Crippen LogP contribution in [0.2, 0.25) is 0 Å². The summed E-state index contributed by atoms with van der Waals surface area (Å²) in [6.07, 6.45) is 2.73. The lowest BCUT2D eigenvalue weighted by Crippen LogP contribution is -2.49. The quantitative estimate of drug-likeness (QED) is 0.209. The standard InChI is InChI=1S/C37H33N7O4/c45-34(42-20-22-43(23-21-42)37-38-32-12-6-5-11-31(32)35(39-37)27-9-2-1-3-10-27)19-16-26-8-4-7-13-33(26)44-24-29(40-41-44)25-48-30-17-14-28(15-18-30)36(46)47/h1-15,17-18,24H,16,19-23,25H2,(H,46,47). The summed E-state index contributed by atoms with van der Waals surface area (Å²) in [5.41, 5.74) is 5.51. The molecule has 4 aromatic carbocycles. The Balaban J connectivity index is 0.963. The molecule has 0 bridgehead atoms. The molecule has 1 aliphatic heterocycles. The van der Waals surface area contributed by atoms with E-state index in [1.54, 1.807) is 23.0 Å². The van der Waals surface area contributed by atoms with Crippen molar-refractivity contribution in [2.24, 2.45) is 0 Å². The fourth-order valence-electron chi connectivity index (χ4n) is 5.86. The highest BCUT2D eigenvalue weighted by Crippen LogP contribution is 2.28. The summed E-state index contributed by atoms with van der Waals surface area (Å²) in [5, 5.41) is 18.6. The highest BCUT2D eigenvalue weighted by molar-refractivity contribution is 5.93. The number of carboxylic acids is 1. The number of hydrogen-bond donors (Lipinski definition) is 1. The number of para-hydroxylation sites is 2. The van der Waals surface area contributed by atoms with Crippen LogP contribution in [0.3, 0.4) is 0 Å². The monoisotopic (exact) mass is 639 g/mol. The van der Waals surface area contributed by atoms with Crippen LogP contribution in [0.15, 0.2) is 109 Å². The van der Waals surface area contributed by atoms with E-state index in [0.29, 0.717) is 56.4 Å². The van der Waals surface area contributed by atoms with E-state index < -0.39 is 5.97 Å². The molecule has 48 heavy (non-hydrogen) atoms. The molecular formula is C37H33N7O4. The van der Waals surface area contributed by atoms with Crippen molar-refractivity contribution in [3.05, 3.63) is 126 Å². The summed E-state index contributed by atoms with van der Waals surface area (Å²) in [6.45, 7) is 2.69. The average molecular weight is 640 g/mol. The number of anilines is 1. The Bertz CT molecular complexity index is 2060. The molecule has 1 saturated heterocycles. The molecule has 3 heterocycles. The molecule has 0 saturated carbocycles. The predicted octanol–water partition coefficient (Wildman–Crippen LogP) is 5.44. The first-order valence-corrected chi connectivity index (χ1v) is 15.8. The zero-order valence-electron chi connectivity index (χ0n) is 26.1. The summed E-state index contributed by atoms with van der Waals surface area (Å²) in [6, 6.07) is 32.3. The molecule has 0 radical (unpaired) electrons. The van der Waals surface area contributed by atoms with E-state index in [1.807, 2.05) is 65.6 Å². The number of carbonyl (C=O) groups excluding carboxylic acids is 1. The first-order valence-electron chi connectivity index (χ1n) is 15.8. The number of ether oxygens (including phenoxy) is 1. The van der Waals surface area contributed by atoms with Gasteiger partial charge >= 0.3 is 5.97 Å². The van der Waals surface area contributed by atoms with Crippen molar-refractivity contribution < 1.29 is 19.4 Å². The topological polar surface area (TPSA) is 127 Å². The van der Waals surface area contributed by atoms with Crippen LogP contribution in [0.1, 0.15) is 28.0 Å². The fraction of sp³-hybridized carbons (Fsp3) is 0.189. The van der Waals surface area contributed by atoms with Crippen LogP contribution in [0.4, 0.5) is 5.95 Å². The Morgan fingerprint density at radius 1 is 0.792 bits per heavy atom. The fourth-order valence-corrected chi connectivity index (χ4v) is 5.86. The maximum Gasteiger partial charge on any atom is 0.335 e. The molecule has 0 unspecified atom stereocenters. The van der Waals surface area contributed by atoms with Gasteiger partial charge in [0.25, 0.3) is 0 Å². The smallest absolute Gasteiger partial charge is 0.335 e. The lowest BCUT2D eigenvalue weighted by atomic mass is 10.1. The minimum atomic E-state index is -0.989. The molecule has 1 amide bonds. The van der Waals surface area contributed by atoms with Gasteiger partial charge in [0, 0.05) is 43.5 Å². The zero-order valence-corrected chi connectivity index (χ0v) is 26.1. The van der Waals surface area contributed by atoms with Crippen molar-refractivity contribution in [3.63, 3.8) is 0 Å². The van der Waals surface area contributed by atoms with Crippen molar-refractivity contribution in [1.29, 1.82) is 0 Å². The number of amides is 1. The van der Waals surface area contributed by atoms with Crippen molar-refractivity contribution in [2.45, 2.75) is 19.4 Å². The molecule has 1 N–H and O–H groups in total. The number of aromatic nitrogens is 5. The number of fused-ring (bicyclic) bond motifs is 1. The van der Waals surface area contributed by atoms with Gasteiger partial charge in [-0.3, -0.25) is 4.79 Å². The average Bonchev–Trinajstić information content (AvgIpc) is 3.62. The van der Waals surface area contributed by atoms with Gasteiger partial charge < -0.3 is 19.6 Å². The molecule has 1 fully saturated rings. The molecular weight excluding hydrogens is 606 g/mol. The van der Waals surface area contributed by atoms with Crippen LogP contribution in [0.25, 0.3) is 27.8 Å². The van der Waals surface area contributed by atoms with Gasteiger partial charge in [0.15, 0.2) is 0 Å². The minimum Gasteiger partial charge on any atom is -0.487 e. The lowest BCUT2D eigenvalue weighted by Gasteiger charge is -2.35. The van der Waals surface area contributed by atoms with E-state index in [4.69, 9.17) is 19.8 Å². The third kappa shape index (κ3) is 6.70. The predicted molar refractivity (Wildman–Crippen MR) is 181 cm³/mol. The van der Waals surface area contributed by atoms with Crippen molar-refractivity contribution in [3.8, 4) is 22.7 Å². The van der Waals surface area contributed by atoms with Gasteiger partial charge in [0.2, 0.25) is 11.9 Å². The summed E-state index contributed by atoms with van der Waals surface area (Å²) >= 11 is 0. The van der Waals surface area contributed by atoms with Gasteiger partial charge in [-0.05, 0) is 48.4 Å². The summed E-state index contributed by atoms with van der Waals surface area (Å²) in [4.78, 5) is 38.4. The van der Waals surface area contributed by atoms with Crippen LogP contribution in [0.5, 0.6) is 5.75 Å². The van der Waals surface area contributed by atoms with Crippen molar-refractivity contribution >= 4 is 28.7 Å². The van der Waals surface area contributed by atoms with Gasteiger partial charge in [0.1, 0.15) is 18.1 Å². The Kier molecular flexibility index (Phi) is 8.73. The summed E-state index contributed by atoms with van der Waals surface area (Å²) in [5.74, 6) is 0.339. The van der Waals surface area contributed by atoms with Gasteiger partial charge in [-0.25, -0.2) is 19.4 Å². The molecule has 6 aromatic rings. The van der Waals surface area contributed by atoms with Gasteiger partial charge in [0.05, 0.1) is 28.7 Å². The molecule has 11 nitrogen and oxygen atoms in total. The number of rotatable bonds is 10. The zero-order chi connectivity index (χ0) is 32.9. The molecule has 0 spiro atoms. The van der Waals surface area contributed by atoms with Gasteiger partial charge in [-0.15, -0.1) is 5.10 Å². The third-order valence-corrected chi connectivity index (χ3v) is 8.43. The second kappa shape index (κ2) is 13.7. The Hall–Kier alpha value is -6.10. The minimum absolute atomic E-state index is 0.107.